The van der Waals surface area contributed by atoms with Crippen LogP contribution in [0.25, 0.3) is 0 Å². The molecule has 0 saturated heterocycles. The molecule has 0 saturated carbocycles. The quantitative estimate of drug-likeness (QED) is 0.942. The second kappa shape index (κ2) is 5.47. The molecule has 0 bridgehead atoms. The van der Waals surface area contributed by atoms with Gasteiger partial charge >= 0.3 is 0 Å². The van der Waals surface area contributed by atoms with Crippen LogP contribution in [0.1, 0.15) is 29.8 Å². The Labute approximate surface area is 109 Å². The Morgan fingerprint density at radius 3 is 2.76 bits per heavy atom. The molecule has 90 valence electrons. The van der Waals surface area contributed by atoms with Crippen LogP contribution in [-0.4, -0.2) is 10.1 Å². The Kier molecular flexibility index (Phi) is 3.97. The van der Waals surface area contributed by atoms with E-state index < -0.39 is 6.10 Å². The lowest BCUT2D eigenvalue weighted by Crippen LogP contribution is -2.03. The van der Waals surface area contributed by atoms with Gasteiger partial charge in [0.15, 0.2) is 4.67 Å². The predicted octanol–water partition coefficient (Wildman–Crippen LogP) is 3.28. The van der Waals surface area contributed by atoms with Gasteiger partial charge in [-0.2, -0.15) is 0 Å². The van der Waals surface area contributed by atoms with E-state index in [9.17, 15) is 5.11 Å². The van der Waals surface area contributed by atoms with Gasteiger partial charge in [-0.15, -0.1) is 0 Å². The molecule has 2 aromatic heterocycles. The van der Waals surface area contributed by atoms with Crippen LogP contribution in [0.3, 0.4) is 0 Å². The summed E-state index contributed by atoms with van der Waals surface area (Å²) in [5, 5.41) is 10.0. The molecule has 17 heavy (non-hydrogen) atoms. The number of hydrogen-bond donors (Lipinski definition) is 1. The Hall–Kier alpha value is -1.13. The molecule has 0 aliphatic heterocycles. The molecule has 3 nitrogen and oxygen atoms in total. The number of rotatable bonds is 4. The predicted molar refractivity (Wildman–Crippen MR) is 68.7 cm³/mol. The monoisotopic (exact) mass is 295 g/mol. The van der Waals surface area contributed by atoms with Crippen LogP contribution in [0, 0.1) is 0 Å². The van der Waals surface area contributed by atoms with E-state index in [1.807, 2.05) is 18.3 Å². The van der Waals surface area contributed by atoms with Crippen LogP contribution < -0.4 is 0 Å². The Morgan fingerprint density at radius 1 is 1.41 bits per heavy atom. The van der Waals surface area contributed by atoms with Gasteiger partial charge in [0.05, 0.1) is 12.4 Å². The average Bonchev–Trinajstić information content (AvgIpc) is 2.76. The maximum atomic E-state index is 10.0. The SMILES string of the molecule is CCc1ccc(CC(O)c2ccoc2Br)nc1. The van der Waals surface area contributed by atoms with E-state index in [4.69, 9.17) is 4.42 Å². The first kappa shape index (κ1) is 12.3. The summed E-state index contributed by atoms with van der Waals surface area (Å²) in [7, 11) is 0. The van der Waals surface area contributed by atoms with Crippen LogP contribution in [0.2, 0.25) is 0 Å². The third-order valence-corrected chi connectivity index (χ3v) is 3.35. The summed E-state index contributed by atoms with van der Waals surface area (Å²) < 4.78 is 5.67. The number of halogens is 1. The van der Waals surface area contributed by atoms with Gasteiger partial charge < -0.3 is 9.52 Å². The minimum atomic E-state index is -0.594. The Balaban J connectivity index is 2.07. The van der Waals surface area contributed by atoms with Crippen molar-refractivity contribution >= 4 is 15.9 Å². The number of aliphatic hydroxyl groups is 1. The van der Waals surface area contributed by atoms with Crippen molar-refractivity contribution in [3.63, 3.8) is 0 Å². The minimum Gasteiger partial charge on any atom is -0.457 e. The molecule has 2 heterocycles. The van der Waals surface area contributed by atoms with Crippen LogP contribution in [0.15, 0.2) is 39.7 Å². The van der Waals surface area contributed by atoms with Crippen LogP contribution in [0.5, 0.6) is 0 Å². The normalized spacial score (nSPS) is 12.6. The topological polar surface area (TPSA) is 46.3 Å². The molecular formula is C13H14BrNO2. The molecule has 0 fully saturated rings. The van der Waals surface area contributed by atoms with E-state index >= 15 is 0 Å². The zero-order valence-corrected chi connectivity index (χ0v) is 11.1. The fourth-order valence-electron chi connectivity index (χ4n) is 1.64. The van der Waals surface area contributed by atoms with Gasteiger partial charge in [0, 0.05) is 23.9 Å². The lowest BCUT2D eigenvalue weighted by Gasteiger charge is -2.08. The van der Waals surface area contributed by atoms with Crippen molar-refractivity contribution < 1.29 is 9.52 Å². The summed E-state index contributed by atoms with van der Waals surface area (Å²) in [6.07, 6.45) is 4.27. The molecule has 0 aliphatic rings. The zero-order valence-electron chi connectivity index (χ0n) is 9.56. The van der Waals surface area contributed by atoms with E-state index in [0.29, 0.717) is 11.1 Å². The molecule has 2 aromatic rings. The zero-order chi connectivity index (χ0) is 12.3. The molecule has 0 radical (unpaired) electrons. The van der Waals surface area contributed by atoms with Gasteiger partial charge in [0.1, 0.15) is 0 Å². The van der Waals surface area contributed by atoms with E-state index in [-0.39, 0.29) is 0 Å². The molecule has 0 spiro atoms. The third kappa shape index (κ3) is 2.96. The standard InChI is InChI=1S/C13H14BrNO2/c1-2-9-3-4-10(15-8-9)7-12(16)11-5-6-17-13(11)14/h3-6,8,12,16H,2,7H2,1H3. The highest BCUT2D eigenvalue weighted by molar-refractivity contribution is 9.10. The maximum Gasteiger partial charge on any atom is 0.174 e. The van der Waals surface area contributed by atoms with E-state index in [1.165, 1.54) is 5.56 Å². The van der Waals surface area contributed by atoms with Crippen molar-refractivity contribution in [2.75, 3.05) is 0 Å². The number of hydrogen-bond acceptors (Lipinski definition) is 3. The van der Waals surface area contributed by atoms with Crippen molar-refractivity contribution in [3.05, 3.63) is 52.1 Å². The molecule has 1 atom stereocenters. The molecular weight excluding hydrogens is 282 g/mol. The van der Waals surface area contributed by atoms with Gasteiger partial charge in [-0.25, -0.2) is 0 Å². The summed E-state index contributed by atoms with van der Waals surface area (Å²) in [6.45, 7) is 2.09. The highest BCUT2D eigenvalue weighted by Crippen LogP contribution is 2.26. The van der Waals surface area contributed by atoms with Gasteiger partial charge in [0.2, 0.25) is 0 Å². The molecule has 4 heteroatoms. The fourth-order valence-corrected chi connectivity index (χ4v) is 2.14. The molecule has 1 unspecified atom stereocenters. The molecule has 0 amide bonds. The van der Waals surface area contributed by atoms with Crippen LogP contribution in [0.4, 0.5) is 0 Å². The number of furan rings is 1. The number of pyridine rings is 1. The summed E-state index contributed by atoms with van der Waals surface area (Å²) in [6, 6.07) is 5.75. The summed E-state index contributed by atoms with van der Waals surface area (Å²) >= 11 is 3.26. The summed E-state index contributed by atoms with van der Waals surface area (Å²) in [4.78, 5) is 4.32. The van der Waals surface area contributed by atoms with Gasteiger partial charge in [-0.1, -0.05) is 13.0 Å². The fraction of sp³-hybridized carbons (Fsp3) is 0.308. The lowest BCUT2D eigenvalue weighted by molar-refractivity contribution is 0.175. The van der Waals surface area contributed by atoms with Crippen molar-refractivity contribution in [1.29, 1.82) is 0 Å². The van der Waals surface area contributed by atoms with Gasteiger partial charge in [-0.3, -0.25) is 4.98 Å². The summed E-state index contributed by atoms with van der Waals surface area (Å²) in [5.41, 5.74) is 2.84. The van der Waals surface area contributed by atoms with Crippen molar-refractivity contribution in [2.45, 2.75) is 25.9 Å². The number of aryl methyl sites for hydroxylation is 1. The third-order valence-electron chi connectivity index (χ3n) is 2.70. The largest absolute Gasteiger partial charge is 0.457 e. The molecule has 0 aromatic carbocycles. The highest BCUT2D eigenvalue weighted by Gasteiger charge is 2.14. The van der Waals surface area contributed by atoms with Gasteiger partial charge in [-0.05, 0) is 40.0 Å². The van der Waals surface area contributed by atoms with E-state index in [1.54, 1.807) is 12.3 Å². The van der Waals surface area contributed by atoms with E-state index in [0.717, 1.165) is 17.7 Å². The molecule has 2 rings (SSSR count). The Bertz CT molecular complexity index is 478. The first-order chi connectivity index (χ1) is 8.20. The number of nitrogens with zero attached hydrogens (tertiary/aromatic N) is 1. The second-order valence-corrected chi connectivity index (χ2v) is 4.60. The van der Waals surface area contributed by atoms with E-state index in [2.05, 4.69) is 27.8 Å². The average molecular weight is 296 g/mol. The Morgan fingerprint density at radius 2 is 2.24 bits per heavy atom. The smallest absolute Gasteiger partial charge is 0.174 e. The van der Waals surface area contributed by atoms with Crippen molar-refractivity contribution in [1.82, 2.24) is 4.98 Å². The van der Waals surface area contributed by atoms with Crippen molar-refractivity contribution in [3.8, 4) is 0 Å². The number of aliphatic hydroxyl groups excluding tert-OH is 1. The van der Waals surface area contributed by atoms with Gasteiger partial charge in [0.25, 0.3) is 0 Å². The molecule has 0 aliphatic carbocycles. The maximum absolute atomic E-state index is 10.0. The highest BCUT2D eigenvalue weighted by atomic mass is 79.9. The second-order valence-electron chi connectivity index (χ2n) is 3.88. The lowest BCUT2D eigenvalue weighted by atomic mass is 10.1. The van der Waals surface area contributed by atoms with Crippen LogP contribution >= 0.6 is 15.9 Å². The minimum absolute atomic E-state index is 0.488. The summed E-state index contributed by atoms with van der Waals surface area (Å²) in [5.74, 6) is 0. The first-order valence-electron chi connectivity index (χ1n) is 5.55. The van der Waals surface area contributed by atoms with Crippen LogP contribution in [-0.2, 0) is 12.8 Å². The first-order valence-corrected chi connectivity index (χ1v) is 6.34. The van der Waals surface area contributed by atoms with Crippen molar-refractivity contribution in [2.24, 2.45) is 0 Å². The molecule has 1 N–H and O–H groups in total. The number of aromatic nitrogens is 1.